The summed E-state index contributed by atoms with van der Waals surface area (Å²) in [5.74, 6) is 1.94. The van der Waals surface area contributed by atoms with Gasteiger partial charge in [0.2, 0.25) is 5.91 Å². The molecule has 0 aromatic heterocycles. The largest absolute Gasteiger partial charge is 0.369 e. The minimum Gasteiger partial charge on any atom is -0.369 e. The topological polar surface area (TPSA) is 87.5 Å². The van der Waals surface area contributed by atoms with Crippen LogP contribution >= 0.6 is 11.8 Å². The zero-order valence-corrected chi connectivity index (χ0v) is 15.9. The maximum atomic E-state index is 12.5. The van der Waals surface area contributed by atoms with Gasteiger partial charge in [-0.15, -0.1) is 0 Å². The molecule has 0 unspecified atom stereocenters. The summed E-state index contributed by atoms with van der Waals surface area (Å²) in [4.78, 5) is 26.3. The molecule has 1 saturated heterocycles. The van der Waals surface area contributed by atoms with E-state index in [1.807, 2.05) is 30.0 Å². The van der Waals surface area contributed by atoms with Crippen molar-refractivity contribution in [3.63, 3.8) is 0 Å². The Balaban J connectivity index is 1.60. The molecule has 1 aromatic rings. The zero-order valence-electron chi connectivity index (χ0n) is 15.1. The van der Waals surface area contributed by atoms with Gasteiger partial charge in [0.1, 0.15) is 0 Å². The highest BCUT2D eigenvalue weighted by molar-refractivity contribution is 7.99. The van der Waals surface area contributed by atoms with Crippen LogP contribution in [0.1, 0.15) is 31.2 Å². The highest BCUT2D eigenvalue weighted by Crippen LogP contribution is 2.36. The number of carbonyl (C=O) groups excluding carboxylic acids is 2. The van der Waals surface area contributed by atoms with Crippen molar-refractivity contribution in [2.24, 2.45) is 5.73 Å². The molecule has 3 rings (SSSR count). The second-order valence-electron chi connectivity index (χ2n) is 7.14. The molecule has 1 aliphatic heterocycles. The SMILES string of the molecule is NC(=O)Cc1ccccc1NC(=O)NCC1(N2CCSCC2)CCCC1. The number of rotatable bonds is 6. The van der Waals surface area contributed by atoms with Crippen molar-refractivity contribution in [3.8, 4) is 0 Å². The van der Waals surface area contributed by atoms with Gasteiger partial charge in [0, 0.05) is 42.4 Å². The maximum absolute atomic E-state index is 12.5. The van der Waals surface area contributed by atoms with Crippen LogP contribution in [0, 0.1) is 0 Å². The van der Waals surface area contributed by atoms with E-state index < -0.39 is 5.91 Å². The molecule has 1 aromatic carbocycles. The molecule has 1 aliphatic carbocycles. The highest BCUT2D eigenvalue weighted by Gasteiger charge is 2.40. The first-order chi connectivity index (χ1) is 12.6. The standard InChI is InChI=1S/C19H28N4O2S/c20-17(24)13-15-5-1-2-6-16(15)22-18(25)21-14-19(7-3-4-8-19)23-9-11-26-12-10-23/h1-2,5-6H,3-4,7-14H2,(H2,20,24)(H2,21,22,25). The number of thioether (sulfide) groups is 1. The summed E-state index contributed by atoms with van der Waals surface area (Å²) in [5.41, 5.74) is 6.77. The van der Waals surface area contributed by atoms with Crippen LogP contribution in [0.4, 0.5) is 10.5 Å². The van der Waals surface area contributed by atoms with E-state index in [0.29, 0.717) is 12.2 Å². The Hall–Kier alpha value is -1.73. The van der Waals surface area contributed by atoms with Crippen molar-refractivity contribution in [1.29, 1.82) is 0 Å². The third kappa shape index (κ3) is 4.71. The van der Waals surface area contributed by atoms with Gasteiger partial charge in [0.25, 0.3) is 0 Å². The minimum atomic E-state index is -0.410. The number of nitrogens with zero attached hydrogens (tertiary/aromatic N) is 1. The summed E-state index contributed by atoms with van der Waals surface area (Å²) in [7, 11) is 0. The average molecular weight is 377 g/mol. The molecule has 2 fully saturated rings. The Bertz CT molecular complexity index is 640. The molecule has 26 heavy (non-hydrogen) atoms. The van der Waals surface area contributed by atoms with E-state index in [0.717, 1.165) is 31.5 Å². The molecule has 0 spiro atoms. The summed E-state index contributed by atoms with van der Waals surface area (Å²) in [6.07, 6.45) is 4.88. The van der Waals surface area contributed by atoms with Gasteiger partial charge in [-0.3, -0.25) is 9.69 Å². The number of anilines is 1. The third-order valence-corrected chi connectivity index (χ3v) is 6.37. The van der Waals surface area contributed by atoms with Crippen LogP contribution in [0.15, 0.2) is 24.3 Å². The molecule has 1 heterocycles. The van der Waals surface area contributed by atoms with Crippen LogP contribution in [0.2, 0.25) is 0 Å². The number of amides is 3. The van der Waals surface area contributed by atoms with Gasteiger partial charge in [-0.05, 0) is 24.5 Å². The van der Waals surface area contributed by atoms with E-state index in [1.165, 1.54) is 24.3 Å². The second kappa shape index (κ2) is 8.77. The first-order valence-electron chi connectivity index (χ1n) is 9.33. The Morgan fingerprint density at radius 1 is 1.15 bits per heavy atom. The van der Waals surface area contributed by atoms with Crippen LogP contribution in [0.25, 0.3) is 0 Å². The van der Waals surface area contributed by atoms with E-state index in [1.54, 1.807) is 6.07 Å². The zero-order chi connectivity index (χ0) is 18.4. The van der Waals surface area contributed by atoms with E-state index in [4.69, 9.17) is 5.73 Å². The molecular weight excluding hydrogens is 348 g/mol. The number of benzene rings is 1. The molecular formula is C19H28N4O2S. The van der Waals surface area contributed by atoms with Gasteiger partial charge in [0.15, 0.2) is 0 Å². The fourth-order valence-corrected chi connectivity index (χ4v) is 4.97. The first-order valence-corrected chi connectivity index (χ1v) is 10.5. The summed E-state index contributed by atoms with van der Waals surface area (Å²) < 4.78 is 0. The minimum absolute atomic E-state index is 0.102. The molecule has 0 radical (unpaired) electrons. The smallest absolute Gasteiger partial charge is 0.319 e. The lowest BCUT2D eigenvalue weighted by Gasteiger charge is -2.43. The lowest BCUT2D eigenvalue weighted by atomic mass is 9.94. The second-order valence-corrected chi connectivity index (χ2v) is 8.36. The van der Waals surface area contributed by atoms with E-state index in [-0.39, 0.29) is 18.0 Å². The molecule has 0 atom stereocenters. The van der Waals surface area contributed by atoms with E-state index in [2.05, 4.69) is 15.5 Å². The van der Waals surface area contributed by atoms with Crippen molar-refractivity contribution in [1.82, 2.24) is 10.2 Å². The molecule has 7 heteroatoms. The molecule has 4 N–H and O–H groups in total. The van der Waals surface area contributed by atoms with E-state index in [9.17, 15) is 9.59 Å². The quantitative estimate of drug-likeness (QED) is 0.710. The lowest BCUT2D eigenvalue weighted by Crippen LogP contribution is -2.56. The summed E-state index contributed by atoms with van der Waals surface area (Å²) >= 11 is 2.01. The number of para-hydroxylation sites is 1. The molecule has 2 aliphatic rings. The summed E-state index contributed by atoms with van der Waals surface area (Å²) in [5, 5.41) is 5.96. The number of urea groups is 1. The van der Waals surface area contributed by atoms with Crippen molar-refractivity contribution in [2.75, 3.05) is 36.5 Å². The van der Waals surface area contributed by atoms with E-state index >= 15 is 0 Å². The number of carbonyl (C=O) groups is 2. The fourth-order valence-electron chi connectivity index (χ4n) is 4.07. The van der Waals surface area contributed by atoms with Crippen LogP contribution in [0.5, 0.6) is 0 Å². The highest BCUT2D eigenvalue weighted by atomic mass is 32.2. The molecule has 1 saturated carbocycles. The summed E-state index contributed by atoms with van der Waals surface area (Å²) in [6, 6.07) is 7.06. The predicted octanol–water partition coefficient (Wildman–Crippen LogP) is 2.20. The van der Waals surface area contributed by atoms with Crippen molar-refractivity contribution >= 4 is 29.4 Å². The normalized spacial score (nSPS) is 19.8. The molecule has 3 amide bonds. The van der Waals surface area contributed by atoms with Crippen LogP contribution in [-0.4, -0.2) is 53.5 Å². The Kier molecular flexibility index (Phi) is 6.43. The van der Waals surface area contributed by atoms with Crippen molar-refractivity contribution in [2.45, 2.75) is 37.6 Å². The van der Waals surface area contributed by atoms with Crippen LogP contribution in [0.3, 0.4) is 0 Å². The average Bonchev–Trinajstić information content (AvgIpc) is 3.12. The maximum Gasteiger partial charge on any atom is 0.319 e. The summed E-state index contributed by atoms with van der Waals surface area (Å²) in [6.45, 7) is 2.88. The van der Waals surface area contributed by atoms with Gasteiger partial charge in [-0.1, -0.05) is 31.0 Å². The molecule has 0 bridgehead atoms. The fraction of sp³-hybridized carbons (Fsp3) is 0.579. The molecule has 6 nitrogen and oxygen atoms in total. The predicted molar refractivity (Wildman–Crippen MR) is 106 cm³/mol. The van der Waals surface area contributed by atoms with Gasteiger partial charge in [-0.25, -0.2) is 4.79 Å². The lowest BCUT2D eigenvalue weighted by molar-refractivity contribution is -0.117. The van der Waals surface area contributed by atoms with Gasteiger partial charge < -0.3 is 16.4 Å². The number of hydrogen-bond acceptors (Lipinski definition) is 4. The Morgan fingerprint density at radius 2 is 1.85 bits per heavy atom. The number of hydrogen-bond donors (Lipinski definition) is 3. The Labute approximate surface area is 159 Å². The van der Waals surface area contributed by atoms with Gasteiger partial charge >= 0.3 is 6.03 Å². The van der Waals surface area contributed by atoms with Crippen molar-refractivity contribution in [3.05, 3.63) is 29.8 Å². The number of nitrogens with one attached hydrogen (secondary N) is 2. The van der Waals surface area contributed by atoms with Crippen LogP contribution < -0.4 is 16.4 Å². The Morgan fingerprint density at radius 3 is 2.54 bits per heavy atom. The molecule has 142 valence electrons. The monoisotopic (exact) mass is 376 g/mol. The van der Waals surface area contributed by atoms with Gasteiger partial charge in [-0.2, -0.15) is 11.8 Å². The van der Waals surface area contributed by atoms with Crippen LogP contribution in [-0.2, 0) is 11.2 Å². The van der Waals surface area contributed by atoms with Crippen molar-refractivity contribution < 1.29 is 9.59 Å². The third-order valence-electron chi connectivity index (χ3n) is 5.42. The first kappa shape index (κ1) is 19.0. The number of nitrogens with two attached hydrogens (primary N) is 1. The number of primary amides is 1. The van der Waals surface area contributed by atoms with Gasteiger partial charge in [0.05, 0.1) is 6.42 Å².